The second-order valence-corrected chi connectivity index (χ2v) is 3.70. The maximum atomic E-state index is 11.2. The Morgan fingerprint density at radius 2 is 2.14 bits per heavy atom. The average molecular weight is 200 g/mol. The fraction of sp³-hybridized carbons (Fsp3) is 0.800. The highest BCUT2D eigenvalue weighted by molar-refractivity contribution is 5.79. The normalized spacial score (nSPS) is 31.5. The van der Waals surface area contributed by atoms with Gasteiger partial charge in [0.15, 0.2) is 0 Å². The zero-order valence-corrected chi connectivity index (χ0v) is 8.78. The van der Waals surface area contributed by atoms with Gasteiger partial charge in [-0.2, -0.15) is 0 Å². The van der Waals surface area contributed by atoms with Crippen LogP contribution in [-0.4, -0.2) is 31.1 Å². The predicted molar refractivity (Wildman–Crippen MR) is 49.8 cm³/mol. The van der Waals surface area contributed by atoms with E-state index in [4.69, 9.17) is 4.74 Å². The number of rotatable bonds is 3. The Labute approximate surface area is 83.6 Å². The summed E-state index contributed by atoms with van der Waals surface area (Å²) >= 11 is 0. The third kappa shape index (κ3) is 2.54. The Morgan fingerprint density at radius 1 is 1.50 bits per heavy atom. The summed E-state index contributed by atoms with van der Waals surface area (Å²) in [4.78, 5) is 22.1. The molecule has 0 radical (unpaired) electrons. The van der Waals surface area contributed by atoms with E-state index in [0.29, 0.717) is 6.42 Å². The first-order valence-corrected chi connectivity index (χ1v) is 4.77. The van der Waals surface area contributed by atoms with E-state index >= 15 is 0 Å². The Morgan fingerprint density at radius 3 is 2.57 bits per heavy atom. The van der Waals surface area contributed by atoms with E-state index in [1.807, 2.05) is 6.92 Å². The molecule has 1 aliphatic heterocycles. The highest BCUT2D eigenvalue weighted by atomic mass is 16.5. The summed E-state index contributed by atoms with van der Waals surface area (Å²) in [5, 5.41) is 0. The van der Waals surface area contributed by atoms with Crippen LogP contribution in [0.2, 0.25) is 0 Å². The zero-order valence-electron chi connectivity index (χ0n) is 8.78. The van der Waals surface area contributed by atoms with Crippen molar-refractivity contribution >= 4 is 11.8 Å². The second-order valence-electron chi connectivity index (χ2n) is 3.70. The van der Waals surface area contributed by atoms with Crippen molar-refractivity contribution in [3.8, 4) is 0 Å². The van der Waals surface area contributed by atoms with Gasteiger partial charge in [-0.15, -0.1) is 0 Å². The molecule has 0 saturated carbocycles. The number of methoxy groups -OCH3 is 1. The van der Waals surface area contributed by atoms with E-state index in [0.717, 1.165) is 0 Å². The topological polar surface area (TPSA) is 52.6 Å². The fourth-order valence-electron chi connectivity index (χ4n) is 1.83. The summed E-state index contributed by atoms with van der Waals surface area (Å²) in [6, 6.07) is 0. The molecule has 1 rings (SSSR count). The van der Waals surface area contributed by atoms with Gasteiger partial charge >= 0.3 is 5.97 Å². The van der Waals surface area contributed by atoms with Crippen LogP contribution in [0.4, 0.5) is 0 Å². The summed E-state index contributed by atoms with van der Waals surface area (Å²) in [7, 11) is 1.35. The van der Waals surface area contributed by atoms with E-state index in [9.17, 15) is 9.59 Å². The van der Waals surface area contributed by atoms with Crippen LogP contribution < -0.4 is 0 Å². The molecule has 1 aliphatic rings. The van der Waals surface area contributed by atoms with Gasteiger partial charge in [-0.1, -0.05) is 0 Å². The number of Topliss-reactive ketones (excluding diaryl/α,β-unsaturated/α-hetero) is 1. The van der Waals surface area contributed by atoms with Crippen LogP contribution in [0.3, 0.4) is 0 Å². The van der Waals surface area contributed by atoms with Crippen molar-refractivity contribution < 1.29 is 19.1 Å². The third-order valence-electron chi connectivity index (χ3n) is 2.63. The van der Waals surface area contributed by atoms with E-state index in [1.54, 1.807) is 6.92 Å². The lowest BCUT2D eigenvalue weighted by Crippen LogP contribution is -2.18. The summed E-state index contributed by atoms with van der Waals surface area (Å²) in [5.74, 6) is -0.221. The molecule has 4 heteroatoms. The number of hydrogen-bond acceptors (Lipinski definition) is 4. The molecule has 14 heavy (non-hydrogen) atoms. The number of esters is 1. The number of hydrogen-bond donors (Lipinski definition) is 0. The molecule has 1 fully saturated rings. The van der Waals surface area contributed by atoms with Crippen molar-refractivity contribution in [1.29, 1.82) is 0 Å². The molecule has 0 aromatic heterocycles. The molecule has 0 bridgehead atoms. The van der Waals surface area contributed by atoms with Gasteiger partial charge < -0.3 is 9.47 Å². The molecule has 0 amide bonds. The summed E-state index contributed by atoms with van der Waals surface area (Å²) in [6.07, 6.45) is 0.629. The molecule has 0 aliphatic carbocycles. The maximum absolute atomic E-state index is 11.2. The molecular formula is C10H16O4. The van der Waals surface area contributed by atoms with Crippen LogP contribution in [0.1, 0.15) is 26.7 Å². The van der Waals surface area contributed by atoms with Crippen molar-refractivity contribution in [2.24, 2.45) is 5.92 Å². The molecule has 1 saturated heterocycles. The van der Waals surface area contributed by atoms with Gasteiger partial charge in [-0.25, -0.2) is 0 Å². The van der Waals surface area contributed by atoms with Gasteiger partial charge in [0.1, 0.15) is 5.78 Å². The summed E-state index contributed by atoms with van der Waals surface area (Å²) in [6.45, 7) is 3.42. The number of ketones is 1. The largest absolute Gasteiger partial charge is 0.469 e. The van der Waals surface area contributed by atoms with Gasteiger partial charge in [0.05, 0.1) is 25.7 Å². The van der Waals surface area contributed by atoms with Crippen molar-refractivity contribution in [2.45, 2.75) is 38.9 Å². The van der Waals surface area contributed by atoms with Crippen LogP contribution in [-0.2, 0) is 19.1 Å². The van der Waals surface area contributed by atoms with Crippen molar-refractivity contribution in [1.82, 2.24) is 0 Å². The quantitative estimate of drug-likeness (QED) is 0.636. The molecule has 1 heterocycles. The van der Waals surface area contributed by atoms with Crippen LogP contribution in [0, 0.1) is 5.92 Å². The first kappa shape index (κ1) is 11.2. The van der Waals surface area contributed by atoms with Crippen LogP contribution >= 0.6 is 0 Å². The molecule has 4 nitrogen and oxygen atoms in total. The van der Waals surface area contributed by atoms with E-state index in [2.05, 4.69) is 4.74 Å². The Kier molecular flexibility index (Phi) is 3.63. The zero-order chi connectivity index (χ0) is 10.7. The number of carbonyl (C=O) groups is 2. The lowest BCUT2D eigenvalue weighted by Gasteiger charge is -2.09. The molecule has 0 aromatic carbocycles. The van der Waals surface area contributed by atoms with Crippen LogP contribution in [0.5, 0.6) is 0 Å². The minimum Gasteiger partial charge on any atom is -0.469 e. The Bertz CT molecular complexity index is 236. The molecule has 0 aromatic rings. The smallest absolute Gasteiger partial charge is 0.308 e. The lowest BCUT2D eigenvalue weighted by atomic mass is 9.95. The van der Waals surface area contributed by atoms with Gasteiger partial charge in [-0.3, -0.25) is 9.59 Å². The fourth-order valence-corrected chi connectivity index (χ4v) is 1.83. The van der Waals surface area contributed by atoms with Gasteiger partial charge in [0.25, 0.3) is 0 Å². The monoisotopic (exact) mass is 200 g/mol. The van der Waals surface area contributed by atoms with E-state index in [-0.39, 0.29) is 36.3 Å². The van der Waals surface area contributed by atoms with Gasteiger partial charge in [0, 0.05) is 5.92 Å². The summed E-state index contributed by atoms with van der Waals surface area (Å²) < 4.78 is 10.0. The van der Waals surface area contributed by atoms with Gasteiger partial charge in [-0.05, 0) is 20.3 Å². The molecule has 0 unspecified atom stereocenters. The van der Waals surface area contributed by atoms with Crippen molar-refractivity contribution in [3.63, 3.8) is 0 Å². The Balaban J connectivity index is 2.46. The average Bonchev–Trinajstić information content (AvgIpc) is 2.46. The highest BCUT2D eigenvalue weighted by Gasteiger charge is 2.35. The van der Waals surface area contributed by atoms with E-state index in [1.165, 1.54) is 7.11 Å². The summed E-state index contributed by atoms with van der Waals surface area (Å²) in [5.41, 5.74) is 0. The molecule has 3 atom stereocenters. The van der Waals surface area contributed by atoms with Crippen LogP contribution in [0.15, 0.2) is 0 Å². The number of ether oxygens (including phenoxy) is 2. The molecule has 0 N–H and O–H groups in total. The van der Waals surface area contributed by atoms with Crippen molar-refractivity contribution in [2.75, 3.05) is 7.11 Å². The van der Waals surface area contributed by atoms with Crippen LogP contribution in [0.25, 0.3) is 0 Å². The first-order valence-electron chi connectivity index (χ1n) is 4.77. The first-order chi connectivity index (χ1) is 6.54. The highest BCUT2D eigenvalue weighted by Crippen LogP contribution is 2.28. The lowest BCUT2D eigenvalue weighted by molar-refractivity contribution is -0.143. The molecular weight excluding hydrogens is 184 g/mol. The standard InChI is InChI=1S/C10H16O4/c1-6(11)9-4-8(14-7(9)2)5-10(12)13-3/h7-9H,4-5H2,1-3H3/t7-,8-,9-/m0/s1. The maximum Gasteiger partial charge on any atom is 0.308 e. The minimum absolute atomic E-state index is 0.0651. The predicted octanol–water partition coefficient (Wildman–Crippen LogP) is 0.932. The van der Waals surface area contributed by atoms with E-state index < -0.39 is 0 Å². The minimum atomic E-state index is -0.286. The second kappa shape index (κ2) is 4.55. The van der Waals surface area contributed by atoms with Crippen molar-refractivity contribution in [3.05, 3.63) is 0 Å². The van der Waals surface area contributed by atoms with Gasteiger partial charge in [0.2, 0.25) is 0 Å². The molecule has 80 valence electrons. The number of carbonyl (C=O) groups excluding carboxylic acids is 2. The SMILES string of the molecule is COC(=O)C[C@@H]1C[C@@H](C(C)=O)[C@H](C)O1. The Hall–Kier alpha value is -0.900. The molecule has 0 spiro atoms. The third-order valence-corrected chi connectivity index (χ3v) is 2.63.